The van der Waals surface area contributed by atoms with Gasteiger partial charge in [0.2, 0.25) is 0 Å². The van der Waals surface area contributed by atoms with E-state index in [1.807, 2.05) is 0 Å². The van der Waals surface area contributed by atoms with E-state index < -0.39 is 10.0 Å². The van der Waals surface area contributed by atoms with Gasteiger partial charge in [-0.2, -0.15) is 0 Å². The van der Waals surface area contributed by atoms with E-state index in [1.54, 1.807) is 6.92 Å². The molecule has 1 heterocycles. The Balaban J connectivity index is 2.05. The predicted molar refractivity (Wildman–Crippen MR) is 68.5 cm³/mol. The van der Waals surface area contributed by atoms with Crippen LogP contribution in [-0.4, -0.2) is 31.5 Å². The number of nitrogens with two attached hydrogens (primary N) is 1. The Bertz CT molecular complexity index is 503. The van der Waals surface area contributed by atoms with Crippen molar-refractivity contribution in [2.75, 3.05) is 13.1 Å². The van der Waals surface area contributed by atoms with Crippen molar-refractivity contribution >= 4 is 10.0 Å². The van der Waals surface area contributed by atoms with E-state index in [4.69, 9.17) is 5.73 Å². The minimum atomic E-state index is -3.50. The van der Waals surface area contributed by atoms with Crippen LogP contribution in [0, 0.1) is 12.3 Å². The number of aromatic amines is 1. The molecule has 0 radical (unpaired) electrons. The summed E-state index contributed by atoms with van der Waals surface area (Å²) in [5.74, 6) is 0.588. The quantitative estimate of drug-likeness (QED) is 0.727. The number of sulfonamides is 1. The molecule has 18 heavy (non-hydrogen) atoms. The van der Waals surface area contributed by atoms with Gasteiger partial charge in [0, 0.05) is 6.54 Å². The van der Waals surface area contributed by atoms with Crippen LogP contribution in [0.4, 0.5) is 0 Å². The molecule has 0 atom stereocenters. The summed E-state index contributed by atoms with van der Waals surface area (Å²) in [6.45, 7) is 2.65. The van der Waals surface area contributed by atoms with E-state index in [0.29, 0.717) is 18.9 Å². The van der Waals surface area contributed by atoms with Gasteiger partial charge in [-0.05, 0) is 31.7 Å². The molecule has 1 aromatic heterocycles. The van der Waals surface area contributed by atoms with Crippen molar-refractivity contribution in [2.45, 2.75) is 37.6 Å². The van der Waals surface area contributed by atoms with Crippen LogP contribution in [0.2, 0.25) is 0 Å². The minimum Gasteiger partial charge on any atom is -0.332 e. The fraction of sp³-hybridized carbons (Fsp3) is 0.727. The third-order valence-corrected chi connectivity index (χ3v) is 5.01. The fourth-order valence-electron chi connectivity index (χ4n) is 2.44. The number of imidazole rings is 1. The molecular weight excluding hydrogens is 252 g/mol. The van der Waals surface area contributed by atoms with Crippen molar-refractivity contribution in [2.24, 2.45) is 11.1 Å². The van der Waals surface area contributed by atoms with Gasteiger partial charge in [-0.15, -0.1) is 0 Å². The highest BCUT2D eigenvalue weighted by Gasteiger charge is 2.33. The maximum absolute atomic E-state index is 12.0. The number of hydrogen-bond donors (Lipinski definition) is 3. The summed E-state index contributed by atoms with van der Waals surface area (Å²) in [5, 5.41) is 0.116. The topological polar surface area (TPSA) is 101 Å². The van der Waals surface area contributed by atoms with Crippen molar-refractivity contribution in [1.82, 2.24) is 14.7 Å². The maximum Gasteiger partial charge on any atom is 0.257 e. The van der Waals surface area contributed by atoms with Crippen LogP contribution in [0.3, 0.4) is 0 Å². The summed E-state index contributed by atoms with van der Waals surface area (Å²) in [6.07, 6.45) is 5.58. The maximum atomic E-state index is 12.0. The average Bonchev–Trinajstić information content (AvgIpc) is 2.96. The summed E-state index contributed by atoms with van der Waals surface area (Å²) >= 11 is 0. The molecule has 1 aliphatic carbocycles. The van der Waals surface area contributed by atoms with Crippen LogP contribution in [0.15, 0.2) is 11.2 Å². The van der Waals surface area contributed by atoms with Crippen LogP contribution in [0.5, 0.6) is 0 Å². The van der Waals surface area contributed by atoms with Gasteiger partial charge >= 0.3 is 0 Å². The van der Waals surface area contributed by atoms with Gasteiger partial charge < -0.3 is 10.7 Å². The molecule has 0 saturated heterocycles. The second kappa shape index (κ2) is 4.99. The molecule has 0 aromatic carbocycles. The lowest BCUT2D eigenvalue weighted by Crippen LogP contribution is -2.40. The number of H-pyrrole nitrogens is 1. The highest BCUT2D eigenvalue weighted by molar-refractivity contribution is 7.89. The molecule has 1 saturated carbocycles. The lowest BCUT2D eigenvalue weighted by molar-refractivity contribution is 0.309. The number of rotatable bonds is 5. The molecule has 0 unspecified atom stereocenters. The Kier molecular flexibility index (Phi) is 3.74. The van der Waals surface area contributed by atoms with Gasteiger partial charge in [0.05, 0.1) is 6.20 Å². The molecule has 4 N–H and O–H groups in total. The van der Waals surface area contributed by atoms with Crippen LogP contribution < -0.4 is 10.5 Å². The van der Waals surface area contributed by atoms with E-state index >= 15 is 0 Å². The third-order valence-electron chi connectivity index (χ3n) is 3.70. The van der Waals surface area contributed by atoms with E-state index in [0.717, 1.165) is 25.7 Å². The Morgan fingerprint density at radius 2 is 2.17 bits per heavy atom. The standard InChI is InChI=1S/C11H20N4O2S/c1-9-13-6-10(15-9)18(16,17)14-8-11(7-12)4-2-3-5-11/h6,14H,2-5,7-8,12H2,1H3,(H,13,15). The lowest BCUT2D eigenvalue weighted by Gasteiger charge is -2.26. The molecule has 0 aliphatic heterocycles. The van der Waals surface area contributed by atoms with Crippen molar-refractivity contribution in [3.05, 3.63) is 12.0 Å². The van der Waals surface area contributed by atoms with Gasteiger partial charge in [0.15, 0.2) is 5.03 Å². The summed E-state index contributed by atoms with van der Waals surface area (Å²) in [5.41, 5.74) is 5.72. The zero-order valence-electron chi connectivity index (χ0n) is 10.6. The SMILES string of the molecule is Cc1ncc(S(=O)(=O)NCC2(CN)CCCC2)[nH]1. The Hall–Kier alpha value is -0.920. The molecule has 0 amide bonds. The molecule has 0 spiro atoms. The van der Waals surface area contributed by atoms with Gasteiger partial charge in [-0.3, -0.25) is 0 Å². The van der Waals surface area contributed by atoms with Gasteiger partial charge in [-0.25, -0.2) is 18.1 Å². The second-order valence-corrected chi connectivity index (χ2v) is 6.80. The monoisotopic (exact) mass is 272 g/mol. The fourth-order valence-corrected chi connectivity index (χ4v) is 3.56. The Morgan fingerprint density at radius 1 is 1.50 bits per heavy atom. The predicted octanol–water partition coefficient (Wildman–Crippen LogP) is 0.516. The molecule has 2 rings (SSSR count). The van der Waals surface area contributed by atoms with E-state index in [1.165, 1.54) is 6.20 Å². The second-order valence-electron chi connectivity index (χ2n) is 5.07. The van der Waals surface area contributed by atoms with E-state index in [2.05, 4.69) is 14.7 Å². The first-order valence-electron chi connectivity index (χ1n) is 6.19. The molecular formula is C11H20N4O2S. The number of aryl methyl sites for hydroxylation is 1. The van der Waals surface area contributed by atoms with Crippen molar-refractivity contribution in [1.29, 1.82) is 0 Å². The number of hydrogen-bond acceptors (Lipinski definition) is 4. The summed E-state index contributed by atoms with van der Waals surface area (Å²) < 4.78 is 26.7. The number of nitrogens with one attached hydrogen (secondary N) is 2. The summed E-state index contributed by atoms with van der Waals surface area (Å²) in [7, 11) is -3.50. The molecule has 1 aromatic rings. The Morgan fingerprint density at radius 3 is 2.67 bits per heavy atom. The smallest absolute Gasteiger partial charge is 0.257 e. The number of aromatic nitrogens is 2. The van der Waals surface area contributed by atoms with Crippen molar-refractivity contribution < 1.29 is 8.42 Å². The first-order chi connectivity index (χ1) is 8.47. The van der Waals surface area contributed by atoms with Gasteiger partial charge in [0.1, 0.15) is 5.82 Å². The first kappa shape index (κ1) is 13.5. The van der Waals surface area contributed by atoms with E-state index in [9.17, 15) is 8.42 Å². The number of nitrogens with zero attached hydrogens (tertiary/aromatic N) is 1. The zero-order chi connectivity index (χ0) is 13.2. The van der Waals surface area contributed by atoms with Crippen molar-refractivity contribution in [3.63, 3.8) is 0 Å². The largest absolute Gasteiger partial charge is 0.332 e. The van der Waals surface area contributed by atoms with Crippen molar-refractivity contribution in [3.8, 4) is 0 Å². The zero-order valence-corrected chi connectivity index (χ0v) is 11.4. The molecule has 0 bridgehead atoms. The summed E-state index contributed by atoms with van der Waals surface area (Å²) in [4.78, 5) is 6.63. The molecule has 102 valence electrons. The lowest BCUT2D eigenvalue weighted by atomic mass is 9.87. The van der Waals surface area contributed by atoms with Crippen LogP contribution >= 0.6 is 0 Å². The van der Waals surface area contributed by atoms with Crippen LogP contribution in [0.1, 0.15) is 31.5 Å². The normalized spacial score (nSPS) is 19.2. The Labute approximate surface area is 107 Å². The first-order valence-corrected chi connectivity index (χ1v) is 7.67. The van der Waals surface area contributed by atoms with Crippen LogP contribution in [-0.2, 0) is 10.0 Å². The average molecular weight is 272 g/mol. The highest BCUT2D eigenvalue weighted by atomic mass is 32.2. The minimum absolute atomic E-state index is 0.0673. The van der Waals surface area contributed by atoms with Crippen LogP contribution in [0.25, 0.3) is 0 Å². The third kappa shape index (κ3) is 2.73. The highest BCUT2D eigenvalue weighted by Crippen LogP contribution is 2.36. The molecule has 1 fully saturated rings. The van der Waals surface area contributed by atoms with E-state index in [-0.39, 0.29) is 10.4 Å². The van der Waals surface area contributed by atoms with Gasteiger partial charge in [0.25, 0.3) is 10.0 Å². The molecule has 6 nitrogen and oxygen atoms in total. The summed E-state index contributed by atoms with van der Waals surface area (Å²) in [6, 6.07) is 0. The molecule has 1 aliphatic rings. The van der Waals surface area contributed by atoms with Gasteiger partial charge in [-0.1, -0.05) is 12.8 Å². The molecule has 7 heteroatoms.